The minimum Gasteiger partial charge on any atom is -0.324 e. The lowest BCUT2D eigenvalue weighted by Gasteiger charge is -2.07. The van der Waals surface area contributed by atoms with Crippen molar-refractivity contribution >= 4 is 23.0 Å². The average Bonchev–Trinajstić information content (AvgIpc) is 2.80. The molecule has 26 heavy (non-hydrogen) atoms. The van der Waals surface area contributed by atoms with Crippen molar-refractivity contribution in [2.45, 2.75) is 13.3 Å². The van der Waals surface area contributed by atoms with Crippen LogP contribution in [0.1, 0.15) is 17.7 Å². The van der Waals surface area contributed by atoms with Crippen LogP contribution in [0.4, 0.5) is 15.8 Å². The summed E-state index contributed by atoms with van der Waals surface area (Å²) in [6.07, 6.45) is 1.96. The molecule has 0 saturated heterocycles. The summed E-state index contributed by atoms with van der Waals surface area (Å²) in [5, 5.41) is 2.71. The smallest absolute Gasteiger partial charge is 0.230 e. The fraction of sp³-hybridized carbons (Fsp3) is 0.0952. The van der Waals surface area contributed by atoms with E-state index in [1.54, 1.807) is 6.07 Å². The summed E-state index contributed by atoms with van der Waals surface area (Å²) < 4.78 is 13.4. The second-order valence-electron chi connectivity index (χ2n) is 6.21. The van der Waals surface area contributed by atoms with Crippen molar-refractivity contribution in [2.75, 3.05) is 5.32 Å². The van der Waals surface area contributed by atoms with Gasteiger partial charge in [-0.25, -0.2) is 4.39 Å². The van der Waals surface area contributed by atoms with Crippen LogP contribution >= 0.6 is 0 Å². The standard InChI is InChI=1S/C21H16FN3O/c1-13-5-6-16(12-23-13)14-3-2-4-15(9-14)19-11-21(26)25-20-10-17(22)7-8-18(20)24-19/h2-10,12H,11H2,1H3,(H,25,26). The number of amides is 1. The van der Waals surface area contributed by atoms with Gasteiger partial charge in [0.15, 0.2) is 0 Å². The van der Waals surface area contributed by atoms with Crippen LogP contribution in [0.25, 0.3) is 11.1 Å². The van der Waals surface area contributed by atoms with Gasteiger partial charge in [0.05, 0.1) is 23.5 Å². The van der Waals surface area contributed by atoms with Crippen LogP contribution in [-0.4, -0.2) is 16.6 Å². The Morgan fingerprint density at radius 3 is 2.65 bits per heavy atom. The number of hydrogen-bond acceptors (Lipinski definition) is 3. The number of carbonyl (C=O) groups excluding carboxylic acids is 1. The Labute approximate surface area is 150 Å². The SMILES string of the molecule is Cc1ccc(-c2cccc(C3=Nc4ccc(F)cc4NC(=O)C3)c2)cn1. The number of rotatable bonds is 2. The lowest BCUT2D eigenvalue weighted by molar-refractivity contribution is -0.115. The van der Waals surface area contributed by atoms with Crippen molar-refractivity contribution in [1.29, 1.82) is 0 Å². The van der Waals surface area contributed by atoms with Crippen LogP contribution in [0, 0.1) is 12.7 Å². The molecule has 2 aromatic carbocycles. The Morgan fingerprint density at radius 1 is 1.00 bits per heavy atom. The highest BCUT2D eigenvalue weighted by molar-refractivity contribution is 6.17. The molecular weight excluding hydrogens is 329 g/mol. The number of fused-ring (bicyclic) bond motifs is 1. The molecule has 1 aliphatic rings. The van der Waals surface area contributed by atoms with Gasteiger partial charge in [0.2, 0.25) is 5.91 Å². The molecule has 0 radical (unpaired) electrons. The maximum Gasteiger partial charge on any atom is 0.230 e. The Balaban J connectivity index is 1.77. The van der Waals surface area contributed by atoms with E-state index in [1.165, 1.54) is 12.1 Å². The Hall–Kier alpha value is -3.34. The number of nitrogens with one attached hydrogen (secondary N) is 1. The van der Waals surface area contributed by atoms with E-state index in [9.17, 15) is 9.18 Å². The van der Waals surface area contributed by atoms with E-state index in [0.717, 1.165) is 22.4 Å². The minimum absolute atomic E-state index is 0.131. The maximum atomic E-state index is 13.4. The summed E-state index contributed by atoms with van der Waals surface area (Å²) in [6, 6.07) is 16.0. The van der Waals surface area contributed by atoms with Crippen LogP contribution in [-0.2, 0) is 4.79 Å². The molecule has 4 rings (SSSR count). The van der Waals surface area contributed by atoms with Gasteiger partial charge in [-0.2, -0.15) is 0 Å². The number of benzene rings is 2. The van der Waals surface area contributed by atoms with Crippen molar-refractivity contribution in [2.24, 2.45) is 4.99 Å². The van der Waals surface area contributed by atoms with E-state index in [0.29, 0.717) is 17.1 Å². The first-order valence-electron chi connectivity index (χ1n) is 8.29. The second kappa shape index (κ2) is 6.52. The van der Waals surface area contributed by atoms with Crippen molar-refractivity contribution in [3.8, 4) is 11.1 Å². The number of aryl methyl sites for hydroxylation is 1. The fourth-order valence-corrected chi connectivity index (χ4v) is 2.92. The predicted molar refractivity (Wildman–Crippen MR) is 100 cm³/mol. The van der Waals surface area contributed by atoms with Gasteiger partial charge in [-0.3, -0.25) is 14.8 Å². The molecule has 0 atom stereocenters. The highest BCUT2D eigenvalue weighted by atomic mass is 19.1. The molecule has 0 saturated carbocycles. The van der Waals surface area contributed by atoms with Gasteiger partial charge in [0.25, 0.3) is 0 Å². The number of anilines is 1. The van der Waals surface area contributed by atoms with Gasteiger partial charge in [0, 0.05) is 17.5 Å². The van der Waals surface area contributed by atoms with E-state index in [4.69, 9.17) is 0 Å². The summed E-state index contributed by atoms with van der Waals surface area (Å²) in [7, 11) is 0. The lowest BCUT2D eigenvalue weighted by atomic mass is 10.0. The number of nitrogens with zero attached hydrogens (tertiary/aromatic N) is 2. The molecule has 4 nitrogen and oxygen atoms in total. The third-order valence-electron chi connectivity index (χ3n) is 4.26. The number of halogens is 1. The normalized spacial score (nSPS) is 13.5. The molecule has 3 aromatic rings. The van der Waals surface area contributed by atoms with Crippen LogP contribution in [0.2, 0.25) is 0 Å². The highest BCUT2D eigenvalue weighted by Gasteiger charge is 2.18. The molecule has 1 aliphatic heterocycles. The summed E-state index contributed by atoms with van der Waals surface area (Å²) in [5.41, 5.74) is 5.41. The first-order chi connectivity index (χ1) is 12.6. The molecule has 0 spiro atoms. The van der Waals surface area contributed by atoms with Crippen LogP contribution < -0.4 is 5.32 Å². The van der Waals surface area contributed by atoms with Crippen LogP contribution in [0.5, 0.6) is 0 Å². The van der Waals surface area contributed by atoms with Gasteiger partial charge in [0.1, 0.15) is 5.82 Å². The molecule has 0 aliphatic carbocycles. The largest absolute Gasteiger partial charge is 0.324 e. The first kappa shape index (κ1) is 16.1. The number of aromatic nitrogens is 1. The van der Waals surface area contributed by atoms with Crippen LogP contribution in [0.3, 0.4) is 0 Å². The molecule has 5 heteroatoms. The molecule has 1 aromatic heterocycles. The molecule has 1 amide bonds. The number of aliphatic imine (C=N–C) groups is 1. The minimum atomic E-state index is -0.406. The van der Waals surface area contributed by atoms with Crippen molar-refractivity contribution < 1.29 is 9.18 Å². The molecule has 0 unspecified atom stereocenters. The molecule has 0 fully saturated rings. The van der Waals surface area contributed by atoms with Crippen molar-refractivity contribution in [3.05, 3.63) is 77.9 Å². The number of hydrogen-bond donors (Lipinski definition) is 1. The fourth-order valence-electron chi connectivity index (χ4n) is 2.92. The highest BCUT2D eigenvalue weighted by Crippen LogP contribution is 2.30. The molecule has 0 bridgehead atoms. The molecule has 2 heterocycles. The zero-order chi connectivity index (χ0) is 18.1. The maximum absolute atomic E-state index is 13.4. The first-order valence-corrected chi connectivity index (χ1v) is 8.29. The predicted octanol–water partition coefficient (Wildman–Crippen LogP) is 4.66. The summed E-state index contributed by atoms with van der Waals surface area (Å²) in [5.74, 6) is -0.618. The topological polar surface area (TPSA) is 54.4 Å². The van der Waals surface area contributed by atoms with Gasteiger partial charge < -0.3 is 5.32 Å². The summed E-state index contributed by atoms with van der Waals surface area (Å²) in [4.78, 5) is 21.1. The third kappa shape index (κ3) is 3.24. The number of pyridine rings is 1. The Morgan fingerprint density at radius 2 is 1.85 bits per heavy atom. The Kier molecular flexibility index (Phi) is 4.05. The zero-order valence-corrected chi connectivity index (χ0v) is 14.2. The summed E-state index contributed by atoms with van der Waals surface area (Å²) in [6.45, 7) is 1.94. The second-order valence-corrected chi connectivity index (χ2v) is 6.21. The lowest BCUT2D eigenvalue weighted by Crippen LogP contribution is -2.15. The van der Waals surface area contributed by atoms with E-state index >= 15 is 0 Å². The van der Waals surface area contributed by atoms with Gasteiger partial charge in [-0.1, -0.05) is 24.3 Å². The average molecular weight is 345 g/mol. The van der Waals surface area contributed by atoms with Gasteiger partial charge in [-0.05, 0) is 48.4 Å². The van der Waals surface area contributed by atoms with E-state index < -0.39 is 5.82 Å². The molecular formula is C21H16FN3O. The van der Waals surface area contributed by atoms with Crippen molar-refractivity contribution in [1.82, 2.24) is 4.98 Å². The third-order valence-corrected chi connectivity index (χ3v) is 4.26. The molecule has 128 valence electrons. The van der Waals surface area contributed by atoms with Gasteiger partial charge >= 0.3 is 0 Å². The van der Waals surface area contributed by atoms with E-state index in [2.05, 4.69) is 15.3 Å². The van der Waals surface area contributed by atoms with E-state index in [-0.39, 0.29) is 12.3 Å². The Bertz CT molecular complexity index is 1030. The van der Waals surface area contributed by atoms with E-state index in [1.807, 2.05) is 49.5 Å². The molecule has 1 N–H and O–H groups in total. The van der Waals surface area contributed by atoms with Gasteiger partial charge in [-0.15, -0.1) is 0 Å². The van der Waals surface area contributed by atoms with Crippen LogP contribution in [0.15, 0.2) is 65.8 Å². The zero-order valence-electron chi connectivity index (χ0n) is 14.2. The number of carbonyl (C=O) groups is 1. The monoisotopic (exact) mass is 345 g/mol. The van der Waals surface area contributed by atoms with Crippen molar-refractivity contribution in [3.63, 3.8) is 0 Å². The summed E-state index contributed by atoms with van der Waals surface area (Å²) >= 11 is 0. The quantitative estimate of drug-likeness (QED) is 0.734.